The third-order valence-electron chi connectivity index (χ3n) is 4.93. The minimum atomic E-state index is -0.349. The van der Waals surface area contributed by atoms with Crippen molar-refractivity contribution in [2.24, 2.45) is 7.05 Å². The van der Waals surface area contributed by atoms with Gasteiger partial charge in [0.05, 0.1) is 27.8 Å². The lowest BCUT2D eigenvalue weighted by molar-refractivity contribution is -0.130. The number of likely N-dealkylation sites (tertiary alicyclic amines) is 1. The zero-order chi connectivity index (χ0) is 15.6. The average Bonchev–Trinajstić information content (AvgIpc) is 2.73. The smallest absolute Gasteiger partial charge is 0.158 e. The van der Waals surface area contributed by atoms with Gasteiger partial charge in [-0.1, -0.05) is 13.3 Å². The van der Waals surface area contributed by atoms with Crippen LogP contribution in [0.2, 0.25) is 0 Å². The maximum Gasteiger partial charge on any atom is 0.158 e. The van der Waals surface area contributed by atoms with Gasteiger partial charge in [0.25, 0.3) is 0 Å². The highest BCUT2D eigenvalue weighted by atomic mass is 79.9. The Morgan fingerprint density at radius 2 is 1.95 bits per heavy atom. The standard InChI is InChI=1S/C16H26BrN3O/c1-5-16(3,20-9-7-6-8-10-20)14(21)11-13-15(17)12(2)18-19(13)4/h5-11H2,1-4H3. The monoisotopic (exact) mass is 355 g/mol. The van der Waals surface area contributed by atoms with Crippen LogP contribution in [0.3, 0.4) is 0 Å². The Bertz CT molecular complexity index is 520. The topological polar surface area (TPSA) is 38.1 Å². The molecule has 1 aromatic rings. The number of aromatic nitrogens is 2. The van der Waals surface area contributed by atoms with Crippen molar-refractivity contribution in [3.05, 3.63) is 15.9 Å². The molecule has 21 heavy (non-hydrogen) atoms. The number of aryl methyl sites for hydroxylation is 2. The second-order valence-corrected chi connectivity index (χ2v) is 7.04. The first-order chi connectivity index (χ1) is 9.90. The highest BCUT2D eigenvalue weighted by Gasteiger charge is 2.38. The summed E-state index contributed by atoms with van der Waals surface area (Å²) in [5.74, 6) is 0.301. The maximum absolute atomic E-state index is 13.0. The van der Waals surface area contributed by atoms with Crippen molar-refractivity contribution in [1.29, 1.82) is 0 Å². The van der Waals surface area contributed by atoms with Crippen LogP contribution in [0.1, 0.15) is 50.9 Å². The van der Waals surface area contributed by atoms with Gasteiger partial charge in [-0.2, -0.15) is 5.10 Å². The first-order valence-electron chi connectivity index (χ1n) is 7.86. The summed E-state index contributed by atoms with van der Waals surface area (Å²) in [7, 11) is 1.91. The lowest BCUT2D eigenvalue weighted by Crippen LogP contribution is -2.54. The van der Waals surface area contributed by atoms with E-state index in [1.54, 1.807) is 0 Å². The number of nitrogens with zero attached hydrogens (tertiary/aromatic N) is 3. The summed E-state index contributed by atoms with van der Waals surface area (Å²) in [6.45, 7) is 8.28. The fraction of sp³-hybridized carbons (Fsp3) is 0.750. The summed E-state index contributed by atoms with van der Waals surface area (Å²) in [5, 5.41) is 4.39. The second kappa shape index (κ2) is 6.61. The number of carbonyl (C=O) groups is 1. The molecule has 1 atom stereocenters. The molecular weight excluding hydrogens is 330 g/mol. The molecule has 0 aliphatic carbocycles. The molecule has 1 aliphatic rings. The van der Waals surface area contributed by atoms with Gasteiger partial charge in [0, 0.05) is 7.05 Å². The van der Waals surface area contributed by atoms with E-state index in [0.29, 0.717) is 12.2 Å². The van der Waals surface area contributed by atoms with E-state index in [2.05, 4.69) is 39.8 Å². The number of carbonyl (C=O) groups excluding carboxylic acids is 1. The Hall–Kier alpha value is -0.680. The van der Waals surface area contributed by atoms with Gasteiger partial charge in [-0.3, -0.25) is 14.4 Å². The van der Waals surface area contributed by atoms with Crippen molar-refractivity contribution in [2.75, 3.05) is 13.1 Å². The third-order valence-corrected chi connectivity index (χ3v) is 5.96. The summed E-state index contributed by atoms with van der Waals surface area (Å²) >= 11 is 3.57. The quantitative estimate of drug-likeness (QED) is 0.813. The van der Waals surface area contributed by atoms with Crippen LogP contribution in [0.4, 0.5) is 0 Å². The summed E-state index contributed by atoms with van der Waals surface area (Å²) in [4.78, 5) is 15.4. The molecule has 2 rings (SSSR count). The minimum Gasteiger partial charge on any atom is -0.297 e. The van der Waals surface area contributed by atoms with Gasteiger partial charge in [-0.15, -0.1) is 0 Å². The molecule has 2 heterocycles. The highest BCUT2D eigenvalue weighted by Crippen LogP contribution is 2.28. The summed E-state index contributed by atoms with van der Waals surface area (Å²) in [5.41, 5.74) is 1.57. The van der Waals surface area contributed by atoms with Crippen LogP contribution < -0.4 is 0 Å². The lowest BCUT2D eigenvalue weighted by atomic mass is 9.86. The molecule has 0 saturated carbocycles. The van der Waals surface area contributed by atoms with Gasteiger partial charge < -0.3 is 0 Å². The third kappa shape index (κ3) is 3.24. The van der Waals surface area contributed by atoms with E-state index in [-0.39, 0.29) is 5.54 Å². The van der Waals surface area contributed by atoms with Crippen LogP contribution >= 0.6 is 15.9 Å². The van der Waals surface area contributed by atoms with Crippen molar-refractivity contribution in [2.45, 2.75) is 58.4 Å². The maximum atomic E-state index is 13.0. The molecule has 1 unspecified atom stereocenters. The van der Waals surface area contributed by atoms with Crippen molar-refractivity contribution < 1.29 is 4.79 Å². The molecule has 0 amide bonds. The van der Waals surface area contributed by atoms with Gasteiger partial charge in [0.2, 0.25) is 0 Å². The molecule has 1 aromatic heterocycles. The predicted molar refractivity (Wildman–Crippen MR) is 88.5 cm³/mol. The molecule has 0 radical (unpaired) electrons. The van der Waals surface area contributed by atoms with Crippen LogP contribution in [0, 0.1) is 6.92 Å². The molecule has 1 aliphatic heterocycles. The number of rotatable bonds is 5. The van der Waals surface area contributed by atoms with Gasteiger partial charge >= 0.3 is 0 Å². The Morgan fingerprint density at radius 3 is 2.43 bits per heavy atom. The van der Waals surface area contributed by atoms with Crippen molar-refractivity contribution in [3.8, 4) is 0 Å². The van der Waals surface area contributed by atoms with E-state index < -0.39 is 0 Å². The van der Waals surface area contributed by atoms with Gasteiger partial charge in [0.1, 0.15) is 0 Å². The van der Waals surface area contributed by atoms with E-state index >= 15 is 0 Å². The van der Waals surface area contributed by atoms with Crippen LogP contribution in [0.5, 0.6) is 0 Å². The Labute approximate surface area is 136 Å². The first kappa shape index (κ1) is 16.7. The van der Waals surface area contributed by atoms with Gasteiger partial charge in [-0.25, -0.2) is 0 Å². The van der Waals surface area contributed by atoms with E-state index in [1.807, 2.05) is 18.7 Å². The number of halogens is 1. The Morgan fingerprint density at radius 1 is 1.33 bits per heavy atom. The summed E-state index contributed by atoms with van der Waals surface area (Å²) in [6.07, 6.45) is 5.00. The molecule has 0 spiro atoms. The van der Waals surface area contributed by atoms with Crippen molar-refractivity contribution >= 4 is 21.7 Å². The van der Waals surface area contributed by atoms with Gasteiger partial charge in [0.15, 0.2) is 5.78 Å². The highest BCUT2D eigenvalue weighted by molar-refractivity contribution is 9.10. The number of ketones is 1. The van der Waals surface area contributed by atoms with Gasteiger partial charge in [-0.05, 0) is 62.1 Å². The number of Topliss-reactive ketones (excluding diaryl/α,β-unsaturated/α-hetero) is 1. The van der Waals surface area contributed by atoms with Crippen LogP contribution in [0.15, 0.2) is 4.47 Å². The van der Waals surface area contributed by atoms with E-state index in [0.717, 1.165) is 35.4 Å². The zero-order valence-corrected chi connectivity index (χ0v) is 15.2. The molecule has 118 valence electrons. The largest absolute Gasteiger partial charge is 0.297 e. The predicted octanol–water partition coefficient (Wildman–Crippen LogP) is 3.26. The van der Waals surface area contributed by atoms with Crippen LogP contribution in [0.25, 0.3) is 0 Å². The van der Waals surface area contributed by atoms with Crippen molar-refractivity contribution in [1.82, 2.24) is 14.7 Å². The number of piperidine rings is 1. The zero-order valence-electron chi connectivity index (χ0n) is 13.6. The SMILES string of the molecule is CCC(C)(C(=O)Cc1c(Br)c(C)nn1C)N1CCCCC1. The van der Waals surface area contributed by atoms with E-state index in [4.69, 9.17) is 0 Å². The second-order valence-electron chi connectivity index (χ2n) is 6.24. The average molecular weight is 356 g/mol. The first-order valence-corrected chi connectivity index (χ1v) is 8.65. The molecule has 0 bridgehead atoms. The normalized spacial score (nSPS) is 19.5. The Balaban J connectivity index is 2.19. The molecular formula is C16H26BrN3O. The molecule has 1 fully saturated rings. The van der Waals surface area contributed by atoms with Crippen LogP contribution in [-0.4, -0.2) is 39.1 Å². The Kier molecular flexibility index (Phi) is 5.25. The van der Waals surface area contributed by atoms with E-state index in [1.165, 1.54) is 19.3 Å². The summed E-state index contributed by atoms with van der Waals surface area (Å²) in [6, 6.07) is 0. The van der Waals surface area contributed by atoms with Crippen LogP contribution in [-0.2, 0) is 18.3 Å². The fourth-order valence-corrected chi connectivity index (χ4v) is 3.68. The number of hydrogen-bond acceptors (Lipinski definition) is 3. The lowest BCUT2D eigenvalue weighted by Gasteiger charge is -2.42. The van der Waals surface area contributed by atoms with Crippen molar-refractivity contribution in [3.63, 3.8) is 0 Å². The molecule has 4 nitrogen and oxygen atoms in total. The minimum absolute atomic E-state index is 0.301. The number of hydrogen-bond donors (Lipinski definition) is 0. The molecule has 5 heteroatoms. The molecule has 1 saturated heterocycles. The summed E-state index contributed by atoms with van der Waals surface area (Å²) < 4.78 is 2.79. The molecule has 0 aromatic carbocycles. The molecule has 0 N–H and O–H groups in total. The fourth-order valence-electron chi connectivity index (χ4n) is 3.20. The van der Waals surface area contributed by atoms with E-state index in [9.17, 15) is 4.79 Å².